The number of hydrogen-bond donors (Lipinski definition) is 1. The molecular weight excluding hydrogens is 302 g/mol. The van der Waals surface area contributed by atoms with Gasteiger partial charge in [-0.2, -0.15) is 0 Å². The van der Waals surface area contributed by atoms with Crippen LogP contribution in [0.25, 0.3) is 10.6 Å². The van der Waals surface area contributed by atoms with E-state index >= 15 is 0 Å². The summed E-state index contributed by atoms with van der Waals surface area (Å²) in [6.07, 6.45) is 3.58. The number of aromatic nitrogens is 2. The molecule has 3 rings (SSSR count). The highest BCUT2D eigenvalue weighted by atomic mass is 32.1. The molecule has 1 N–H and O–H groups in total. The molecule has 0 saturated carbocycles. The van der Waals surface area contributed by atoms with Gasteiger partial charge in [0.1, 0.15) is 0 Å². The fraction of sp³-hybridized carbons (Fsp3) is 0.133. The van der Waals surface area contributed by atoms with Gasteiger partial charge in [-0.05, 0) is 40.7 Å². The molecular formula is C15H13N3O3S. The van der Waals surface area contributed by atoms with Gasteiger partial charge in [0.2, 0.25) is 0 Å². The van der Waals surface area contributed by atoms with Crippen molar-refractivity contribution in [3.63, 3.8) is 0 Å². The van der Waals surface area contributed by atoms with E-state index in [-0.39, 0.29) is 5.88 Å². The van der Waals surface area contributed by atoms with E-state index in [1.54, 1.807) is 18.5 Å². The van der Waals surface area contributed by atoms with Crippen LogP contribution in [0, 0.1) is 0 Å². The molecule has 3 aromatic heterocycles. The molecule has 0 bridgehead atoms. The molecule has 0 fully saturated rings. The Balaban J connectivity index is 1.48. The number of rotatable bonds is 5. The van der Waals surface area contributed by atoms with Crippen LogP contribution in [0.15, 0.2) is 52.6 Å². The molecule has 6 nitrogen and oxygen atoms in total. The van der Waals surface area contributed by atoms with E-state index in [0.29, 0.717) is 18.7 Å². The maximum atomic E-state index is 11.7. The Hall–Kier alpha value is -2.67. The summed E-state index contributed by atoms with van der Waals surface area (Å²) in [7, 11) is 0. The van der Waals surface area contributed by atoms with Gasteiger partial charge in [-0.1, -0.05) is 6.07 Å². The lowest BCUT2D eigenvalue weighted by atomic mass is 10.2. The van der Waals surface area contributed by atoms with Crippen molar-refractivity contribution < 1.29 is 14.1 Å². The number of carbonyl (C=O) groups is 1. The zero-order valence-electron chi connectivity index (χ0n) is 11.6. The fourth-order valence-electron chi connectivity index (χ4n) is 1.83. The Bertz CT molecular complexity index is 726. The van der Waals surface area contributed by atoms with Crippen LogP contribution in [-0.2, 0) is 6.42 Å². The normalized spacial score (nSPS) is 10.4. The molecule has 0 spiro atoms. The molecule has 3 heterocycles. The van der Waals surface area contributed by atoms with Crippen molar-refractivity contribution in [2.24, 2.45) is 0 Å². The van der Waals surface area contributed by atoms with Crippen LogP contribution in [-0.4, -0.2) is 22.8 Å². The molecule has 0 aliphatic rings. The number of nitrogens with one attached hydrogen (secondary N) is 1. The largest absolute Gasteiger partial charge is 0.414 e. The summed E-state index contributed by atoms with van der Waals surface area (Å²) in [4.78, 5) is 16.5. The topological polar surface area (TPSA) is 77.2 Å². The van der Waals surface area contributed by atoms with Crippen molar-refractivity contribution in [1.29, 1.82) is 0 Å². The summed E-state index contributed by atoms with van der Waals surface area (Å²) in [5, 5.41) is 8.32. The van der Waals surface area contributed by atoms with Crippen molar-refractivity contribution in [3.8, 4) is 16.5 Å². The minimum Gasteiger partial charge on any atom is -0.388 e. The van der Waals surface area contributed by atoms with Crippen molar-refractivity contribution >= 4 is 17.4 Å². The first kappa shape index (κ1) is 14.3. The monoisotopic (exact) mass is 315 g/mol. The molecule has 0 atom stereocenters. The zero-order valence-corrected chi connectivity index (χ0v) is 12.4. The SMILES string of the molecule is O=C(NCCc1ccncc1)Oc1cc(-c2cccs2)on1. The summed E-state index contributed by atoms with van der Waals surface area (Å²) < 4.78 is 10.2. The smallest absolute Gasteiger partial charge is 0.388 e. The van der Waals surface area contributed by atoms with Crippen molar-refractivity contribution in [1.82, 2.24) is 15.5 Å². The quantitative estimate of drug-likeness (QED) is 0.782. The van der Waals surface area contributed by atoms with Gasteiger partial charge in [0.25, 0.3) is 5.88 Å². The standard InChI is InChI=1S/C15H13N3O3S/c19-15(17-8-5-11-3-6-16-7-4-11)20-14-10-12(21-18-14)13-2-1-9-22-13/h1-4,6-7,9-10H,5,8H2,(H,17,19). The van der Waals surface area contributed by atoms with Crippen LogP contribution in [0.3, 0.4) is 0 Å². The van der Waals surface area contributed by atoms with E-state index in [4.69, 9.17) is 9.26 Å². The van der Waals surface area contributed by atoms with E-state index in [0.717, 1.165) is 10.4 Å². The highest BCUT2D eigenvalue weighted by Crippen LogP contribution is 2.27. The maximum absolute atomic E-state index is 11.7. The highest BCUT2D eigenvalue weighted by molar-refractivity contribution is 7.13. The molecule has 0 aliphatic heterocycles. The second-order valence-corrected chi connectivity index (χ2v) is 5.38. The minimum absolute atomic E-state index is 0.143. The molecule has 3 aromatic rings. The van der Waals surface area contributed by atoms with Gasteiger partial charge in [-0.25, -0.2) is 4.79 Å². The number of thiophene rings is 1. The average Bonchev–Trinajstić information content (AvgIpc) is 3.19. The van der Waals surface area contributed by atoms with E-state index in [1.165, 1.54) is 11.3 Å². The molecule has 0 aliphatic carbocycles. The maximum Gasteiger partial charge on any atom is 0.414 e. The number of amides is 1. The predicted octanol–water partition coefficient (Wildman–Crippen LogP) is 3.13. The molecule has 112 valence electrons. The number of hydrogen-bond acceptors (Lipinski definition) is 6. The highest BCUT2D eigenvalue weighted by Gasteiger charge is 2.11. The molecule has 7 heteroatoms. The van der Waals surface area contributed by atoms with Gasteiger partial charge in [0.05, 0.1) is 10.9 Å². The first-order valence-corrected chi connectivity index (χ1v) is 7.54. The molecule has 22 heavy (non-hydrogen) atoms. The Morgan fingerprint density at radius 2 is 2.18 bits per heavy atom. The number of carbonyl (C=O) groups excluding carboxylic acids is 1. The van der Waals surface area contributed by atoms with Crippen molar-refractivity contribution in [2.75, 3.05) is 6.54 Å². The van der Waals surface area contributed by atoms with Crippen molar-refractivity contribution in [2.45, 2.75) is 6.42 Å². The second-order valence-electron chi connectivity index (χ2n) is 4.43. The van der Waals surface area contributed by atoms with Gasteiger partial charge in [0.15, 0.2) is 5.76 Å². The fourth-order valence-corrected chi connectivity index (χ4v) is 2.50. The van der Waals surface area contributed by atoms with Crippen LogP contribution in [0.4, 0.5) is 4.79 Å². The van der Waals surface area contributed by atoms with Gasteiger partial charge < -0.3 is 14.6 Å². The van der Waals surface area contributed by atoms with Crippen LogP contribution >= 0.6 is 11.3 Å². The van der Waals surface area contributed by atoms with Gasteiger partial charge >= 0.3 is 6.09 Å². The molecule has 0 unspecified atom stereocenters. The van der Waals surface area contributed by atoms with E-state index in [9.17, 15) is 4.79 Å². The predicted molar refractivity (Wildman–Crippen MR) is 81.8 cm³/mol. The lowest BCUT2D eigenvalue weighted by Crippen LogP contribution is -2.28. The third-order valence-corrected chi connectivity index (χ3v) is 3.77. The Labute approximate surface area is 130 Å². The third-order valence-electron chi connectivity index (χ3n) is 2.88. The summed E-state index contributed by atoms with van der Waals surface area (Å²) in [6.45, 7) is 0.471. The molecule has 0 saturated heterocycles. The summed E-state index contributed by atoms with van der Waals surface area (Å²) in [5.41, 5.74) is 1.09. The lowest BCUT2D eigenvalue weighted by Gasteiger charge is -2.03. The minimum atomic E-state index is -0.555. The summed E-state index contributed by atoms with van der Waals surface area (Å²) >= 11 is 1.52. The van der Waals surface area contributed by atoms with Crippen LogP contribution in [0.5, 0.6) is 5.88 Å². The Morgan fingerprint density at radius 1 is 1.32 bits per heavy atom. The number of pyridine rings is 1. The number of ether oxygens (including phenoxy) is 1. The van der Waals surface area contributed by atoms with E-state index in [2.05, 4.69) is 15.5 Å². The summed E-state index contributed by atoms with van der Waals surface area (Å²) in [6, 6.07) is 9.21. The van der Waals surface area contributed by atoms with E-state index in [1.807, 2.05) is 29.6 Å². The number of nitrogens with zero attached hydrogens (tertiary/aromatic N) is 2. The molecule has 0 aromatic carbocycles. The first-order chi connectivity index (χ1) is 10.8. The van der Waals surface area contributed by atoms with Crippen LogP contribution < -0.4 is 10.1 Å². The van der Waals surface area contributed by atoms with Gasteiger partial charge in [-0.15, -0.1) is 11.3 Å². The first-order valence-electron chi connectivity index (χ1n) is 6.66. The van der Waals surface area contributed by atoms with Crippen molar-refractivity contribution in [3.05, 3.63) is 53.7 Å². The Kier molecular flexibility index (Phi) is 4.45. The summed E-state index contributed by atoms with van der Waals surface area (Å²) in [5.74, 6) is 0.722. The van der Waals surface area contributed by atoms with Gasteiger partial charge in [-0.3, -0.25) is 4.98 Å². The lowest BCUT2D eigenvalue weighted by molar-refractivity contribution is 0.196. The van der Waals surface area contributed by atoms with Crippen LogP contribution in [0.1, 0.15) is 5.56 Å². The third kappa shape index (κ3) is 3.70. The zero-order chi connectivity index (χ0) is 15.2. The molecule has 1 amide bonds. The van der Waals surface area contributed by atoms with Gasteiger partial charge in [0, 0.05) is 18.9 Å². The second kappa shape index (κ2) is 6.86. The van der Waals surface area contributed by atoms with Crippen LogP contribution in [0.2, 0.25) is 0 Å². The Morgan fingerprint density at radius 3 is 2.95 bits per heavy atom. The molecule has 0 radical (unpaired) electrons. The van der Waals surface area contributed by atoms with E-state index < -0.39 is 6.09 Å². The average molecular weight is 315 g/mol.